The van der Waals surface area contributed by atoms with Gasteiger partial charge in [0.1, 0.15) is 23.0 Å². The minimum atomic E-state index is -1.26. The van der Waals surface area contributed by atoms with Crippen LogP contribution in [-0.2, 0) is 4.79 Å². The van der Waals surface area contributed by atoms with E-state index in [2.05, 4.69) is 0 Å². The van der Waals surface area contributed by atoms with Crippen LogP contribution in [0, 0.1) is 17.5 Å². The third-order valence-electron chi connectivity index (χ3n) is 5.69. The van der Waals surface area contributed by atoms with Crippen molar-refractivity contribution in [2.24, 2.45) is 0 Å². The highest BCUT2D eigenvalue weighted by atomic mass is 19.1. The zero-order valence-corrected chi connectivity index (χ0v) is 17.6. The van der Waals surface area contributed by atoms with Crippen molar-refractivity contribution in [1.82, 2.24) is 0 Å². The van der Waals surface area contributed by atoms with Crippen molar-refractivity contribution in [2.75, 3.05) is 9.80 Å². The summed E-state index contributed by atoms with van der Waals surface area (Å²) in [4.78, 5) is 28.9. The van der Waals surface area contributed by atoms with E-state index in [0.717, 1.165) is 0 Å². The number of amides is 2. The summed E-state index contributed by atoms with van der Waals surface area (Å²) in [6.07, 6.45) is 0.349. The second-order valence-corrected chi connectivity index (χ2v) is 7.80. The zero-order chi connectivity index (χ0) is 23.0. The van der Waals surface area contributed by atoms with Gasteiger partial charge in [0.15, 0.2) is 0 Å². The van der Waals surface area contributed by atoms with E-state index >= 15 is 0 Å². The topological polar surface area (TPSA) is 40.6 Å². The molecular formula is C25H21F3N2O2. The molecule has 1 aliphatic rings. The van der Waals surface area contributed by atoms with Crippen LogP contribution in [0.25, 0.3) is 0 Å². The van der Waals surface area contributed by atoms with Gasteiger partial charge in [0, 0.05) is 36.5 Å². The Labute approximate surface area is 183 Å². The summed E-state index contributed by atoms with van der Waals surface area (Å²) in [5, 5.41) is 0. The van der Waals surface area contributed by atoms with Crippen LogP contribution in [0.1, 0.15) is 42.2 Å². The van der Waals surface area contributed by atoms with E-state index in [4.69, 9.17) is 0 Å². The summed E-state index contributed by atoms with van der Waals surface area (Å²) in [6.45, 7) is 3.23. The Kier molecular flexibility index (Phi) is 5.74. The number of carbonyl (C=O) groups is 2. The highest BCUT2D eigenvalue weighted by Crippen LogP contribution is 2.43. The molecule has 4 rings (SSSR count). The number of para-hydroxylation sites is 2. The SMILES string of the molecule is CC(=O)N(c1ccccc1)[C@H]1C[C@@H](C)N(C(=O)c2c(F)cc(F)cc2F)c2ccccc21. The standard InChI is InChI=1S/C25H21F3N2O2/c1-15-12-23(30(16(2)31)18-8-4-3-5-9-18)19-10-6-7-11-22(19)29(15)25(32)24-20(27)13-17(26)14-21(24)28/h3-11,13-15,23H,12H2,1-2H3/t15-,23+/m1/s1. The highest BCUT2D eigenvalue weighted by molar-refractivity contribution is 6.08. The second-order valence-electron chi connectivity index (χ2n) is 7.80. The molecule has 0 unspecified atom stereocenters. The van der Waals surface area contributed by atoms with Crippen LogP contribution >= 0.6 is 0 Å². The number of hydrogen-bond donors (Lipinski definition) is 0. The normalized spacial score (nSPS) is 17.6. The molecule has 0 spiro atoms. The van der Waals surface area contributed by atoms with Crippen molar-refractivity contribution in [3.05, 3.63) is 95.3 Å². The lowest BCUT2D eigenvalue weighted by Crippen LogP contribution is -2.47. The molecule has 0 N–H and O–H groups in total. The maximum absolute atomic E-state index is 14.4. The van der Waals surface area contributed by atoms with E-state index in [9.17, 15) is 22.8 Å². The number of anilines is 2. The van der Waals surface area contributed by atoms with Gasteiger partial charge in [-0.1, -0.05) is 36.4 Å². The summed E-state index contributed by atoms with van der Waals surface area (Å²) in [5.41, 5.74) is 1.04. The van der Waals surface area contributed by atoms with Crippen LogP contribution in [0.4, 0.5) is 24.5 Å². The molecule has 0 bridgehead atoms. The van der Waals surface area contributed by atoms with Gasteiger partial charge in [0.2, 0.25) is 5.91 Å². The van der Waals surface area contributed by atoms with Gasteiger partial charge in [0.05, 0.1) is 6.04 Å². The van der Waals surface area contributed by atoms with Crippen molar-refractivity contribution in [3.8, 4) is 0 Å². The van der Waals surface area contributed by atoms with Gasteiger partial charge < -0.3 is 9.80 Å². The largest absolute Gasteiger partial charge is 0.305 e. The molecule has 2 atom stereocenters. The molecule has 1 aliphatic heterocycles. The van der Waals surface area contributed by atoms with Gasteiger partial charge >= 0.3 is 0 Å². The van der Waals surface area contributed by atoms with E-state index in [0.29, 0.717) is 35.5 Å². The third-order valence-corrected chi connectivity index (χ3v) is 5.69. The van der Waals surface area contributed by atoms with Crippen LogP contribution in [0.2, 0.25) is 0 Å². The lowest BCUT2D eigenvalue weighted by Gasteiger charge is -2.43. The van der Waals surface area contributed by atoms with E-state index in [1.165, 1.54) is 11.8 Å². The Balaban J connectivity index is 1.81. The van der Waals surface area contributed by atoms with Crippen molar-refractivity contribution >= 4 is 23.2 Å². The Hall–Kier alpha value is -3.61. The summed E-state index contributed by atoms with van der Waals surface area (Å²) in [5.74, 6) is -4.67. The molecule has 7 heteroatoms. The Morgan fingerprint density at radius 3 is 2.16 bits per heavy atom. The summed E-state index contributed by atoms with van der Waals surface area (Å²) in [7, 11) is 0. The van der Waals surface area contributed by atoms with Gasteiger partial charge in [0.25, 0.3) is 5.91 Å². The van der Waals surface area contributed by atoms with E-state index in [1.54, 1.807) is 36.1 Å². The van der Waals surface area contributed by atoms with Crippen molar-refractivity contribution in [2.45, 2.75) is 32.4 Å². The van der Waals surface area contributed by atoms with Crippen LogP contribution in [0.15, 0.2) is 66.7 Å². The molecule has 0 saturated carbocycles. The van der Waals surface area contributed by atoms with Crippen molar-refractivity contribution in [3.63, 3.8) is 0 Å². The number of nitrogens with zero attached hydrogens (tertiary/aromatic N) is 2. The summed E-state index contributed by atoms with van der Waals surface area (Å²) < 4.78 is 42.1. The first kappa shape index (κ1) is 21.6. The molecule has 0 fully saturated rings. The average Bonchev–Trinajstić information content (AvgIpc) is 2.73. The van der Waals surface area contributed by atoms with Crippen molar-refractivity contribution < 1.29 is 22.8 Å². The lowest BCUT2D eigenvalue weighted by molar-refractivity contribution is -0.117. The minimum Gasteiger partial charge on any atom is -0.305 e. The number of hydrogen-bond acceptors (Lipinski definition) is 2. The number of halogens is 3. The fraction of sp³-hybridized carbons (Fsp3) is 0.200. The number of rotatable bonds is 3. The Bertz CT molecular complexity index is 1160. The zero-order valence-electron chi connectivity index (χ0n) is 17.6. The van der Waals surface area contributed by atoms with E-state index < -0.39 is 35.0 Å². The fourth-order valence-corrected chi connectivity index (χ4v) is 4.37. The maximum Gasteiger partial charge on any atom is 0.264 e. The predicted octanol–water partition coefficient (Wildman–Crippen LogP) is 5.64. The second kappa shape index (κ2) is 8.49. The Morgan fingerprint density at radius 1 is 0.938 bits per heavy atom. The monoisotopic (exact) mass is 438 g/mol. The van der Waals surface area contributed by atoms with Gasteiger partial charge in [-0.05, 0) is 37.1 Å². The third kappa shape index (κ3) is 3.75. The van der Waals surface area contributed by atoms with Crippen LogP contribution < -0.4 is 9.80 Å². The van der Waals surface area contributed by atoms with Crippen LogP contribution in [0.3, 0.4) is 0 Å². The van der Waals surface area contributed by atoms with Gasteiger partial charge in [-0.25, -0.2) is 13.2 Å². The first-order chi connectivity index (χ1) is 15.3. The lowest BCUT2D eigenvalue weighted by atomic mass is 9.89. The molecular weight excluding hydrogens is 417 g/mol. The maximum atomic E-state index is 14.4. The highest BCUT2D eigenvalue weighted by Gasteiger charge is 2.39. The molecule has 3 aromatic carbocycles. The summed E-state index contributed by atoms with van der Waals surface area (Å²) in [6, 6.07) is 16.3. The van der Waals surface area contributed by atoms with E-state index in [-0.39, 0.29) is 11.9 Å². The Morgan fingerprint density at radius 2 is 1.53 bits per heavy atom. The summed E-state index contributed by atoms with van der Waals surface area (Å²) >= 11 is 0. The molecule has 32 heavy (non-hydrogen) atoms. The van der Waals surface area contributed by atoms with Gasteiger partial charge in [-0.2, -0.15) is 0 Å². The quantitative estimate of drug-likeness (QED) is 0.531. The van der Waals surface area contributed by atoms with Crippen molar-refractivity contribution in [1.29, 1.82) is 0 Å². The van der Waals surface area contributed by atoms with Gasteiger partial charge in [-0.3, -0.25) is 9.59 Å². The van der Waals surface area contributed by atoms with E-state index in [1.807, 2.05) is 30.3 Å². The fourth-order valence-electron chi connectivity index (χ4n) is 4.37. The average molecular weight is 438 g/mol. The molecule has 0 aromatic heterocycles. The first-order valence-corrected chi connectivity index (χ1v) is 10.2. The molecule has 0 radical (unpaired) electrons. The molecule has 0 aliphatic carbocycles. The smallest absolute Gasteiger partial charge is 0.264 e. The number of benzene rings is 3. The molecule has 4 nitrogen and oxygen atoms in total. The first-order valence-electron chi connectivity index (χ1n) is 10.2. The number of carbonyl (C=O) groups excluding carboxylic acids is 2. The number of fused-ring (bicyclic) bond motifs is 1. The molecule has 2 amide bonds. The molecule has 0 saturated heterocycles. The van der Waals surface area contributed by atoms with Crippen LogP contribution in [-0.4, -0.2) is 17.9 Å². The molecule has 1 heterocycles. The molecule has 164 valence electrons. The minimum absolute atomic E-state index is 0.168. The molecule has 3 aromatic rings. The van der Waals surface area contributed by atoms with Crippen LogP contribution in [0.5, 0.6) is 0 Å². The predicted molar refractivity (Wildman–Crippen MR) is 116 cm³/mol. The van der Waals surface area contributed by atoms with Gasteiger partial charge in [-0.15, -0.1) is 0 Å².